The Bertz CT molecular complexity index is 623. The van der Waals surface area contributed by atoms with Gasteiger partial charge < -0.3 is 10.6 Å². The average Bonchev–Trinajstić information content (AvgIpc) is 2.42. The summed E-state index contributed by atoms with van der Waals surface area (Å²) in [5.74, 6) is -0.247. The molecule has 1 rings (SSSR count). The molecule has 21 heavy (non-hydrogen) atoms. The number of hydrogen-bond donors (Lipinski definition) is 2. The highest BCUT2D eigenvalue weighted by molar-refractivity contribution is 7.89. The van der Waals surface area contributed by atoms with Crippen molar-refractivity contribution >= 4 is 21.6 Å². The Hall–Kier alpha value is -1.60. The van der Waals surface area contributed by atoms with Crippen LogP contribution in [-0.4, -0.2) is 38.9 Å². The molecule has 0 unspecified atom stereocenters. The molecule has 7 heteroatoms. The van der Waals surface area contributed by atoms with Crippen molar-refractivity contribution in [2.75, 3.05) is 25.4 Å². The van der Waals surface area contributed by atoms with Gasteiger partial charge in [-0.1, -0.05) is 6.07 Å². The molecule has 0 aliphatic carbocycles. The molecule has 0 bridgehead atoms. The smallest absolute Gasteiger partial charge is 0.241 e. The Morgan fingerprint density at radius 2 is 1.81 bits per heavy atom. The number of rotatable bonds is 6. The van der Waals surface area contributed by atoms with Crippen molar-refractivity contribution in [3.05, 3.63) is 23.3 Å². The summed E-state index contributed by atoms with van der Waals surface area (Å²) in [5, 5.41) is 0. The second-order valence-electron chi connectivity index (χ2n) is 4.82. The maximum atomic E-state index is 12.4. The Kier molecular flexibility index (Phi) is 5.74. The Balaban J connectivity index is 2.99. The van der Waals surface area contributed by atoms with Crippen molar-refractivity contribution in [2.45, 2.75) is 32.6 Å². The van der Waals surface area contributed by atoms with Crippen LogP contribution in [0.25, 0.3) is 0 Å². The number of nitrogens with two attached hydrogens (primary N) is 1. The van der Waals surface area contributed by atoms with Crippen LogP contribution in [0.1, 0.15) is 25.0 Å². The number of carbonyl (C=O) groups is 1. The number of sulfonamides is 1. The van der Waals surface area contributed by atoms with Gasteiger partial charge in [0.2, 0.25) is 15.9 Å². The summed E-state index contributed by atoms with van der Waals surface area (Å²) < 4.78 is 27.1. The fraction of sp³-hybridized carbons (Fsp3) is 0.500. The van der Waals surface area contributed by atoms with Gasteiger partial charge in [0.05, 0.1) is 11.4 Å². The van der Waals surface area contributed by atoms with E-state index in [0.29, 0.717) is 29.9 Å². The minimum absolute atomic E-state index is 0.148. The molecule has 6 nitrogen and oxygen atoms in total. The fourth-order valence-corrected chi connectivity index (χ4v) is 3.64. The van der Waals surface area contributed by atoms with Crippen LogP contribution in [0, 0.1) is 13.8 Å². The third-order valence-electron chi connectivity index (χ3n) is 3.44. The zero-order chi connectivity index (χ0) is 16.2. The topological polar surface area (TPSA) is 92.5 Å². The van der Waals surface area contributed by atoms with E-state index in [0.717, 1.165) is 0 Å². The van der Waals surface area contributed by atoms with Gasteiger partial charge in [-0.2, -0.15) is 0 Å². The third kappa shape index (κ3) is 3.95. The third-order valence-corrected chi connectivity index (χ3v) is 5.13. The van der Waals surface area contributed by atoms with E-state index in [2.05, 4.69) is 4.72 Å². The lowest BCUT2D eigenvalue weighted by Crippen LogP contribution is -2.40. The lowest BCUT2D eigenvalue weighted by Gasteiger charge is -2.19. The standard InChI is InChI=1S/C14H23N3O3S/c1-5-17(6-2)13(18)9-16-21(19,20)14-10(3)7-8-12(15)11(14)4/h7-8,16H,5-6,9,15H2,1-4H3. The van der Waals surface area contributed by atoms with Crippen LogP contribution in [0.4, 0.5) is 5.69 Å². The predicted molar refractivity (Wildman–Crippen MR) is 83.4 cm³/mol. The average molecular weight is 313 g/mol. The second-order valence-corrected chi connectivity index (χ2v) is 6.52. The predicted octanol–water partition coefficient (Wildman–Crippen LogP) is 1.03. The lowest BCUT2D eigenvalue weighted by atomic mass is 10.1. The van der Waals surface area contributed by atoms with Gasteiger partial charge in [-0.05, 0) is 44.9 Å². The van der Waals surface area contributed by atoms with Crippen molar-refractivity contribution in [3.8, 4) is 0 Å². The first kappa shape index (κ1) is 17.5. The SMILES string of the molecule is CCN(CC)C(=O)CNS(=O)(=O)c1c(C)ccc(N)c1C. The number of amides is 1. The molecule has 0 fully saturated rings. The molecule has 0 aliphatic heterocycles. The van der Waals surface area contributed by atoms with Gasteiger partial charge in [0, 0.05) is 18.8 Å². The molecule has 0 saturated carbocycles. The number of carbonyl (C=O) groups excluding carboxylic acids is 1. The first-order valence-electron chi connectivity index (χ1n) is 6.87. The van der Waals surface area contributed by atoms with Gasteiger partial charge in [0.25, 0.3) is 0 Å². The number of anilines is 1. The van der Waals surface area contributed by atoms with Gasteiger partial charge in [-0.3, -0.25) is 4.79 Å². The minimum atomic E-state index is -3.77. The van der Waals surface area contributed by atoms with Crippen LogP contribution in [0.2, 0.25) is 0 Å². The van der Waals surface area contributed by atoms with E-state index in [1.807, 2.05) is 13.8 Å². The van der Waals surface area contributed by atoms with Gasteiger partial charge in [0.1, 0.15) is 0 Å². The molecule has 1 aromatic carbocycles. The molecular formula is C14H23N3O3S. The van der Waals surface area contributed by atoms with Crippen molar-refractivity contribution in [3.63, 3.8) is 0 Å². The maximum absolute atomic E-state index is 12.4. The Labute approximate surface area is 126 Å². The Morgan fingerprint density at radius 3 is 2.33 bits per heavy atom. The fourth-order valence-electron chi connectivity index (χ4n) is 2.17. The zero-order valence-electron chi connectivity index (χ0n) is 12.9. The van der Waals surface area contributed by atoms with Crippen LogP contribution < -0.4 is 10.5 Å². The molecule has 0 saturated heterocycles. The monoisotopic (exact) mass is 313 g/mol. The van der Waals surface area contributed by atoms with Crippen LogP contribution >= 0.6 is 0 Å². The molecule has 1 aromatic rings. The van der Waals surface area contributed by atoms with E-state index >= 15 is 0 Å². The number of nitrogens with one attached hydrogen (secondary N) is 1. The molecule has 0 aromatic heterocycles. The number of nitrogens with zero attached hydrogens (tertiary/aromatic N) is 1. The van der Waals surface area contributed by atoms with Crippen molar-refractivity contribution < 1.29 is 13.2 Å². The van der Waals surface area contributed by atoms with E-state index in [1.165, 1.54) is 0 Å². The minimum Gasteiger partial charge on any atom is -0.398 e. The molecule has 0 aliphatic rings. The molecule has 0 heterocycles. The molecule has 1 amide bonds. The summed E-state index contributed by atoms with van der Waals surface area (Å²) >= 11 is 0. The molecule has 0 radical (unpaired) electrons. The van der Waals surface area contributed by atoms with Gasteiger partial charge >= 0.3 is 0 Å². The first-order chi connectivity index (χ1) is 9.74. The number of aryl methyl sites for hydroxylation is 1. The summed E-state index contributed by atoms with van der Waals surface area (Å²) in [6.45, 7) is 7.90. The first-order valence-corrected chi connectivity index (χ1v) is 8.36. The van der Waals surface area contributed by atoms with Crippen molar-refractivity contribution in [2.24, 2.45) is 0 Å². The zero-order valence-corrected chi connectivity index (χ0v) is 13.8. The highest BCUT2D eigenvalue weighted by Gasteiger charge is 2.22. The van der Waals surface area contributed by atoms with Crippen molar-refractivity contribution in [1.29, 1.82) is 0 Å². The molecule has 118 valence electrons. The molecule has 0 spiro atoms. The van der Waals surface area contributed by atoms with Crippen LogP contribution in [0.5, 0.6) is 0 Å². The van der Waals surface area contributed by atoms with E-state index < -0.39 is 10.0 Å². The van der Waals surface area contributed by atoms with E-state index in [9.17, 15) is 13.2 Å². The van der Waals surface area contributed by atoms with E-state index in [1.54, 1.807) is 30.9 Å². The summed E-state index contributed by atoms with van der Waals surface area (Å²) in [6, 6.07) is 3.33. The van der Waals surface area contributed by atoms with Gasteiger partial charge in [-0.15, -0.1) is 0 Å². The van der Waals surface area contributed by atoms with E-state index in [-0.39, 0.29) is 17.3 Å². The van der Waals surface area contributed by atoms with Gasteiger partial charge in [0.15, 0.2) is 0 Å². The largest absolute Gasteiger partial charge is 0.398 e. The van der Waals surface area contributed by atoms with Gasteiger partial charge in [-0.25, -0.2) is 13.1 Å². The number of benzene rings is 1. The van der Waals surface area contributed by atoms with Crippen molar-refractivity contribution in [1.82, 2.24) is 9.62 Å². The summed E-state index contributed by atoms with van der Waals surface area (Å²) in [4.78, 5) is 13.6. The molecule has 0 atom stereocenters. The van der Waals surface area contributed by atoms with Crippen LogP contribution in [-0.2, 0) is 14.8 Å². The second kappa shape index (κ2) is 6.91. The normalized spacial score (nSPS) is 11.4. The molecule has 3 N–H and O–H groups in total. The summed E-state index contributed by atoms with van der Waals surface area (Å²) in [5.41, 5.74) is 7.28. The summed E-state index contributed by atoms with van der Waals surface area (Å²) in [7, 11) is -3.77. The number of likely N-dealkylation sites (N-methyl/N-ethyl adjacent to an activating group) is 1. The number of nitrogen functional groups attached to an aromatic ring is 1. The maximum Gasteiger partial charge on any atom is 0.241 e. The lowest BCUT2D eigenvalue weighted by molar-refractivity contribution is -0.129. The Morgan fingerprint density at radius 1 is 1.24 bits per heavy atom. The summed E-state index contributed by atoms with van der Waals surface area (Å²) in [6.07, 6.45) is 0. The highest BCUT2D eigenvalue weighted by Crippen LogP contribution is 2.24. The van der Waals surface area contributed by atoms with E-state index in [4.69, 9.17) is 5.73 Å². The van der Waals surface area contributed by atoms with Crippen LogP contribution in [0.15, 0.2) is 17.0 Å². The highest BCUT2D eigenvalue weighted by atomic mass is 32.2. The quantitative estimate of drug-likeness (QED) is 0.767. The number of hydrogen-bond acceptors (Lipinski definition) is 4. The van der Waals surface area contributed by atoms with Crippen LogP contribution in [0.3, 0.4) is 0 Å². The molecular weight excluding hydrogens is 290 g/mol.